The Morgan fingerprint density at radius 1 is 1.10 bits per heavy atom. The van der Waals surface area contributed by atoms with Gasteiger partial charge in [-0.25, -0.2) is 4.98 Å². The van der Waals surface area contributed by atoms with Crippen molar-refractivity contribution in [3.63, 3.8) is 0 Å². The first kappa shape index (κ1) is 19.7. The SMILES string of the molecule is O=C(NCCN1CCC(Cc2ccccc2)CC1)c1csc(-c2ccncc2)n1. The van der Waals surface area contributed by atoms with Gasteiger partial charge in [0.15, 0.2) is 0 Å². The molecule has 0 bridgehead atoms. The molecule has 150 valence electrons. The Balaban J connectivity index is 1.18. The van der Waals surface area contributed by atoms with E-state index in [1.807, 2.05) is 17.5 Å². The molecule has 0 atom stereocenters. The summed E-state index contributed by atoms with van der Waals surface area (Å²) in [7, 11) is 0. The molecule has 6 heteroatoms. The van der Waals surface area contributed by atoms with Crippen LogP contribution in [0.4, 0.5) is 0 Å². The maximum atomic E-state index is 12.4. The third kappa shape index (κ3) is 5.49. The number of carbonyl (C=O) groups is 1. The molecule has 2 aromatic heterocycles. The van der Waals surface area contributed by atoms with E-state index in [-0.39, 0.29) is 5.91 Å². The molecule has 5 nitrogen and oxygen atoms in total. The zero-order chi connectivity index (χ0) is 19.9. The highest BCUT2D eigenvalue weighted by Gasteiger charge is 2.19. The lowest BCUT2D eigenvalue weighted by Gasteiger charge is -2.32. The lowest BCUT2D eigenvalue weighted by atomic mass is 9.90. The van der Waals surface area contributed by atoms with E-state index in [9.17, 15) is 4.79 Å². The quantitative estimate of drug-likeness (QED) is 0.647. The molecule has 0 radical (unpaired) electrons. The largest absolute Gasteiger partial charge is 0.349 e. The first-order chi connectivity index (χ1) is 14.3. The van der Waals surface area contributed by atoms with Gasteiger partial charge < -0.3 is 10.2 Å². The summed E-state index contributed by atoms with van der Waals surface area (Å²) in [6, 6.07) is 14.6. The summed E-state index contributed by atoms with van der Waals surface area (Å²) in [5, 5.41) is 5.68. The van der Waals surface area contributed by atoms with E-state index >= 15 is 0 Å². The first-order valence-electron chi connectivity index (χ1n) is 10.2. The summed E-state index contributed by atoms with van der Waals surface area (Å²) in [4.78, 5) is 23.3. The van der Waals surface area contributed by atoms with Crippen LogP contribution in [0.3, 0.4) is 0 Å². The van der Waals surface area contributed by atoms with E-state index in [1.165, 1.54) is 36.2 Å². The summed E-state index contributed by atoms with van der Waals surface area (Å²) in [5.74, 6) is 0.672. The molecule has 1 aliphatic heterocycles. The molecule has 0 spiro atoms. The van der Waals surface area contributed by atoms with Gasteiger partial charge in [0.05, 0.1) is 0 Å². The maximum absolute atomic E-state index is 12.4. The van der Waals surface area contributed by atoms with E-state index in [4.69, 9.17) is 0 Å². The van der Waals surface area contributed by atoms with Crippen LogP contribution in [0, 0.1) is 5.92 Å². The monoisotopic (exact) mass is 406 g/mol. The molecule has 0 aliphatic carbocycles. The van der Waals surface area contributed by atoms with Crippen LogP contribution in [-0.2, 0) is 6.42 Å². The molecule has 1 amide bonds. The normalized spacial score (nSPS) is 15.3. The molecule has 1 aromatic carbocycles. The van der Waals surface area contributed by atoms with Crippen molar-refractivity contribution >= 4 is 17.2 Å². The highest BCUT2D eigenvalue weighted by atomic mass is 32.1. The Labute approximate surface area is 175 Å². The number of benzene rings is 1. The summed E-state index contributed by atoms with van der Waals surface area (Å²) in [5.41, 5.74) is 2.92. The average molecular weight is 407 g/mol. The predicted octanol–water partition coefficient (Wildman–Crippen LogP) is 3.89. The van der Waals surface area contributed by atoms with E-state index in [1.54, 1.807) is 12.4 Å². The van der Waals surface area contributed by atoms with Crippen LogP contribution in [0.15, 0.2) is 60.2 Å². The second-order valence-electron chi connectivity index (χ2n) is 7.50. The third-order valence-corrected chi connectivity index (χ3v) is 6.34. The number of hydrogen-bond donors (Lipinski definition) is 1. The van der Waals surface area contributed by atoms with E-state index in [2.05, 4.69) is 50.5 Å². The number of carbonyl (C=O) groups excluding carboxylic acids is 1. The Morgan fingerprint density at radius 2 is 1.86 bits per heavy atom. The molecule has 3 heterocycles. The number of rotatable bonds is 7. The van der Waals surface area contributed by atoms with E-state index in [0.29, 0.717) is 12.2 Å². The first-order valence-corrected chi connectivity index (χ1v) is 11.1. The number of pyridine rings is 1. The highest BCUT2D eigenvalue weighted by Crippen LogP contribution is 2.23. The van der Waals surface area contributed by atoms with Gasteiger partial charge in [-0.3, -0.25) is 9.78 Å². The minimum Gasteiger partial charge on any atom is -0.349 e. The second kappa shape index (κ2) is 9.76. The van der Waals surface area contributed by atoms with Crippen molar-refractivity contribution in [2.45, 2.75) is 19.3 Å². The molecule has 3 aromatic rings. The van der Waals surface area contributed by atoms with Gasteiger partial charge in [-0.05, 0) is 56.0 Å². The van der Waals surface area contributed by atoms with E-state index in [0.717, 1.165) is 36.1 Å². The Bertz CT molecular complexity index is 905. The van der Waals surface area contributed by atoms with Gasteiger partial charge in [0, 0.05) is 36.4 Å². The zero-order valence-corrected chi connectivity index (χ0v) is 17.3. The molecule has 0 saturated carbocycles. The van der Waals surface area contributed by atoms with Crippen molar-refractivity contribution in [1.82, 2.24) is 20.2 Å². The summed E-state index contributed by atoms with van der Waals surface area (Å²) < 4.78 is 0. The maximum Gasteiger partial charge on any atom is 0.270 e. The Kier molecular flexibility index (Phi) is 6.64. The van der Waals surface area contributed by atoms with Gasteiger partial charge >= 0.3 is 0 Å². The minimum absolute atomic E-state index is 0.0967. The number of nitrogens with one attached hydrogen (secondary N) is 1. The van der Waals surface area contributed by atoms with Crippen molar-refractivity contribution in [3.8, 4) is 10.6 Å². The fourth-order valence-corrected chi connectivity index (χ4v) is 4.59. The van der Waals surface area contributed by atoms with Gasteiger partial charge in [0.25, 0.3) is 5.91 Å². The van der Waals surface area contributed by atoms with Crippen LogP contribution in [-0.4, -0.2) is 47.0 Å². The third-order valence-electron chi connectivity index (χ3n) is 5.45. The number of nitrogens with zero attached hydrogens (tertiary/aromatic N) is 3. The topological polar surface area (TPSA) is 58.1 Å². The van der Waals surface area contributed by atoms with Gasteiger partial charge in [-0.15, -0.1) is 11.3 Å². The van der Waals surface area contributed by atoms with Crippen LogP contribution in [0.1, 0.15) is 28.9 Å². The van der Waals surface area contributed by atoms with Gasteiger partial charge in [-0.2, -0.15) is 0 Å². The highest BCUT2D eigenvalue weighted by molar-refractivity contribution is 7.13. The Hall–Kier alpha value is -2.57. The standard InChI is InChI=1S/C23H26N4OS/c28-22(21-17-29-23(26-21)20-6-10-24-11-7-20)25-12-15-27-13-8-19(9-14-27)16-18-4-2-1-3-5-18/h1-7,10-11,17,19H,8-9,12-16H2,(H,25,28). The fourth-order valence-electron chi connectivity index (χ4n) is 3.78. The lowest BCUT2D eigenvalue weighted by Crippen LogP contribution is -2.40. The second-order valence-corrected chi connectivity index (χ2v) is 8.36. The van der Waals surface area contributed by atoms with Gasteiger partial charge in [0.1, 0.15) is 10.7 Å². The van der Waals surface area contributed by atoms with Crippen LogP contribution in [0.5, 0.6) is 0 Å². The summed E-state index contributed by atoms with van der Waals surface area (Å²) in [6.07, 6.45) is 7.10. The molecular weight excluding hydrogens is 380 g/mol. The molecule has 1 saturated heterocycles. The molecule has 29 heavy (non-hydrogen) atoms. The minimum atomic E-state index is -0.0967. The number of thiazole rings is 1. The summed E-state index contributed by atoms with van der Waals surface area (Å²) in [6.45, 7) is 3.77. The molecule has 1 aliphatic rings. The predicted molar refractivity (Wildman–Crippen MR) is 117 cm³/mol. The summed E-state index contributed by atoms with van der Waals surface area (Å²) >= 11 is 1.48. The van der Waals surface area contributed by atoms with Crippen molar-refractivity contribution < 1.29 is 4.79 Å². The fraction of sp³-hybridized carbons (Fsp3) is 0.348. The number of aromatic nitrogens is 2. The van der Waals surface area contributed by atoms with Crippen LogP contribution >= 0.6 is 11.3 Å². The van der Waals surface area contributed by atoms with Crippen LogP contribution in [0.2, 0.25) is 0 Å². The zero-order valence-electron chi connectivity index (χ0n) is 16.5. The molecule has 4 rings (SSSR count). The molecule has 1 N–H and O–H groups in total. The lowest BCUT2D eigenvalue weighted by molar-refractivity contribution is 0.0939. The van der Waals surface area contributed by atoms with Gasteiger partial charge in [0.2, 0.25) is 0 Å². The average Bonchev–Trinajstić information content (AvgIpc) is 3.27. The Morgan fingerprint density at radius 3 is 2.62 bits per heavy atom. The molecular formula is C23H26N4OS. The van der Waals surface area contributed by atoms with E-state index < -0.39 is 0 Å². The van der Waals surface area contributed by atoms with Crippen molar-refractivity contribution in [2.75, 3.05) is 26.2 Å². The smallest absolute Gasteiger partial charge is 0.270 e. The number of amides is 1. The van der Waals surface area contributed by atoms with Crippen molar-refractivity contribution in [3.05, 3.63) is 71.5 Å². The van der Waals surface area contributed by atoms with Gasteiger partial charge in [-0.1, -0.05) is 30.3 Å². The molecule has 1 fully saturated rings. The van der Waals surface area contributed by atoms with Crippen molar-refractivity contribution in [2.24, 2.45) is 5.92 Å². The number of hydrogen-bond acceptors (Lipinski definition) is 5. The van der Waals surface area contributed by atoms with Crippen molar-refractivity contribution in [1.29, 1.82) is 0 Å². The van der Waals surface area contributed by atoms with Crippen LogP contribution < -0.4 is 5.32 Å². The van der Waals surface area contributed by atoms with Crippen LogP contribution in [0.25, 0.3) is 10.6 Å². The molecule has 0 unspecified atom stereocenters. The number of piperidine rings is 1. The number of likely N-dealkylation sites (tertiary alicyclic amines) is 1.